The Kier molecular flexibility index (Phi) is 12.0. The minimum absolute atomic E-state index is 0.0320. The summed E-state index contributed by atoms with van der Waals surface area (Å²) >= 11 is 0. The van der Waals surface area contributed by atoms with Crippen molar-refractivity contribution in [2.24, 2.45) is 0 Å². The van der Waals surface area contributed by atoms with Crippen LogP contribution < -0.4 is 5.32 Å². The number of aryl methyl sites for hydroxylation is 2. The van der Waals surface area contributed by atoms with E-state index in [4.69, 9.17) is 9.90 Å². The van der Waals surface area contributed by atoms with E-state index in [0.717, 1.165) is 31.5 Å². The first kappa shape index (κ1) is 32.4. The monoisotopic (exact) mass is 586 g/mol. The van der Waals surface area contributed by atoms with Crippen LogP contribution in [0.5, 0.6) is 0 Å². The minimum Gasteiger partial charge on any atom is -0.475 e. The Bertz CT molecular complexity index is 1130. The lowest BCUT2D eigenvalue weighted by atomic mass is 10.1. The van der Waals surface area contributed by atoms with Crippen LogP contribution in [-0.2, 0) is 24.8 Å². The molecule has 0 aromatic heterocycles. The molecule has 0 spiro atoms. The predicted octanol–water partition coefficient (Wildman–Crippen LogP) is 1.65. The molecule has 15 heteroatoms. The van der Waals surface area contributed by atoms with E-state index in [9.17, 15) is 30.0 Å². The normalized spacial score (nSPS) is 18.2. The molecule has 2 saturated heterocycles. The number of nitrogens with zero attached hydrogens (tertiary/aromatic N) is 3. The van der Waals surface area contributed by atoms with Gasteiger partial charge in [-0.2, -0.15) is 21.8 Å². The van der Waals surface area contributed by atoms with Crippen molar-refractivity contribution < 1.29 is 39.9 Å². The van der Waals surface area contributed by atoms with Gasteiger partial charge in [0, 0.05) is 45.8 Å². The van der Waals surface area contributed by atoms with Crippen LogP contribution in [0.25, 0.3) is 0 Å². The summed E-state index contributed by atoms with van der Waals surface area (Å²) in [6.07, 6.45) is -1.62. The fourth-order valence-corrected chi connectivity index (χ4v) is 7.49. The van der Waals surface area contributed by atoms with E-state index in [0.29, 0.717) is 44.8 Å². The fraction of sp³-hybridized carbons (Fsp3) is 0.696. The van der Waals surface area contributed by atoms with Crippen molar-refractivity contribution >= 4 is 26.0 Å². The van der Waals surface area contributed by atoms with Crippen molar-refractivity contribution in [1.29, 1.82) is 0 Å². The summed E-state index contributed by atoms with van der Waals surface area (Å²) < 4.78 is 87.3. The second-order valence-electron chi connectivity index (χ2n) is 9.34. The number of halogens is 3. The molecular formula is C23H37F3N4O6S2. The van der Waals surface area contributed by atoms with E-state index in [1.165, 1.54) is 15.0 Å². The number of hydrogen-bond acceptors (Lipinski definition) is 7. The molecule has 0 aliphatic carbocycles. The Balaban J connectivity index is 0.000000638. The zero-order valence-corrected chi connectivity index (χ0v) is 23.3. The smallest absolute Gasteiger partial charge is 0.475 e. The van der Waals surface area contributed by atoms with Crippen molar-refractivity contribution in [1.82, 2.24) is 18.8 Å². The van der Waals surface area contributed by atoms with Gasteiger partial charge in [0.05, 0.1) is 10.6 Å². The lowest BCUT2D eigenvalue weighted by molar-refractivity contribution is -0.192. The third-order valence-electron chi connectivity index (χ3n) is 6.37. The first-order valence-electron chi connectivity index (χ1n) is 12.4. The molecule has 38 heavy (non-hydrogen) atoms. The van der Waals surface area contributed by atoms with Gasteiger partial charge < -0.3 is 15.3 Å². The molecule has 0 unspecified atom stereocenters. The van der Waals surface area contributed by atoms with Gasteiger partial charge in [0.2, 0.25) is 20.0 Å². The van der Waals surface area contributed by atoms with Gasteiger partial charge in [0.1, 0.15) is 0 Å². The Labute approximate surface area is 222 Å². The number of nitrogens with one attached hydrogen (secondary N) is 1. The molecule has 218 valence electrons. The van der Waals surface area contributed by atoms with E-state index in [1.807, 2.05) is 13.0 Å². The maximum absolute atomic E-state index is 13.5. The second kappa shape index (κ2) is 14.0. The quantitative estimate of drug-likeness (QED) is 0.447. The Morgan fingerprint density at radius 1 is 1.00 bits per heavy atom. The number of aliphatic carboxylic acids is 1. The molecule has 2 aliphatic rings. The highest BCUT2D eigenvalue weighted by molar-refractivity contribution is 7.90. The van der Waals surface area contributed by atoms with Gasteiger partial charge in [-0.1, -0.05) is 24.1 Å². The third kappa shape index (κ3) is 9.75. The highest BCUT2D eigenvalue weighted by Gasteiger charge is 2.38. The molecule has 2 heterocycles. The van der Waals surface area contributed by atoms with Gasteiger partial charge in [0.25, 0.3) is 0 Å². The lowest BCUT2D eigenvalue weighted by Gasteiger charge is -2.31. The maximum Gasteiger partial charge on any atom is 0.490 e. The number of piperazine rings is 1. The van der Waals surface area contributed by atoms with Gasteiger partial charge in [0.15, 0.2) is 0 Å². The van der Waals surface area contributed by atoms with Crippen molar-refractivity contribution in [3.8, 4) is 0 Å². The summed E-state index contributed by atoms with van der Waals surface area (Å²) in [6, 6.07) is 5.28. The van der Waals surface area contributed by atoms with Crippen molar-refractivity contribution in [3.63, 3.8) is 0 Å². The van der Waals surface area contributed by atoms with Crippen LogP contribution in [0.1, 0.15) is 30.4 Å². The molecule has 10 nitrogen and oxygen atoms in total. The van der Waals surface area contributed by atoms with Crippen molar-refractivity contribution in [2.45, 2.75) is 44.2 Å². The molecule has 1 aromatic carbocycles. The molecule has 0 atom stereocenters. The number of benzene rings is 1. The largest absolute Gasteiger partial charge is 0.490 e. The summed E-state index contributed by atoms with van der Waals surface area (Å²) in [5, 5.41) is 10.3. The zero-order valence-electron chi connectivity index (χ0n) is 21.7. The molecule has 2 fully saturated rings. The van der Waals surface area contributed by atoms with E-state index in [-0.39, 0.29) is 17.2 Å². The molecular weight excluding hydrogens is 549 g/mol. The number of rotatable bonds is 9. The predicted molar refractivity (Wildman–Crippen MR) is 137 cm³/mol. The molecule has 2 aliphatic heterocycles. The number of alkyl halides is 3. The van der Waals surface area contributed by atoms with Gasteiger partial charge in [-0.05, 0) is 51.4 Å². The number of sulfonamides is 2. The summed E-state index contributed by atoms with van der Waals surface area (Å²) in [6.45, 7) is 8.66. The van der Waals surface area contributed by atoms with E-state index < -0.39 is 32.2 Å². The third-order valence-corrected chi connectivity index (χ3v) is 10.3. The number of carboxylic acids is 1. The standard InChI is InChI=1S/C21H36N4O4S2.C2HF3O2/c1-19-6-7-21(20(2)18-19)31(28,29)25(15-14-23-10-4-3-5-11-23)16-17-30(26,27)24-12-8-22-9-13-24;3-2(4,5)1(6)7/h6-7,18,22H,3-5,8-17H2,1-2H3;(H,6,7). The van der Waals surface area contributed by atoms with Crippen LogP contribution in [0.15, 0.2) is 23.1 Å². The van der Waals surface area contributed by atoms with Gasteiger partial charge in [-0.3, -0.25) is 0 Å². The number of carbonyl (C=O) groups is 1. The molecule has 0 saturated carbocycles. The second-order valence-corrected chi connectivity index (χ2v) is 13.3. The summed E-state index contributed by atoms with van der Waals surface area (Å²) in [5.41, 5.74) is 1.69. The van der Waals surface area contributed by atoms with Gasteiger partial charge in [-0.15, -0.1) is 0 Å². The molecule has 3 rings (SSSR count). The highest BCUT2D eigenvalue weighted by Crippen LogP contribution is 2.22. The number of likely N-dealkylation sites (tertiary alicyclic amines) is 1. The average molecular weight is 587 g/mol. The minimum atomic E-state index is -5.08. The molecule has 0 radical (unpaired) electrons. The number of carboxylic acid groups (broad SMARTS) is 1. The maximum atomic E-state index is 13.5. The number of piperidine rings is 1. The Hall–Kier alpha value is -1.78. The molecule has 0 bridgehead atoms. The van der Waals surface area contributed by atoms with Crippen LogP contribution in [-0.4, -0.2) is 112 Å². The van der Waals surface area contributed by atoms with Crippen molar-refractivity contribution in [2.75, 3.05) is 64.7 Å². The van der Waals surface area contributed by atoms with E-state index in [1.54, 1.807) is 19.1 Å². The van der Waals surface area contributed by atoms with Crippen LogP contribution in [0.2, 0.25) is 0 Å². The molecule has 2 N–H and O–H groups in total. The summed E-state index contributed by atoms with van der Waals surface area (Å²) in [7, 11) is -7.30. The Morgan fingerprint density at radius 3 is 2.11 bits per heavy atom. The topological polar surface area (TPSA) is 127 Å². The first-order chi connectivity index (χ1) is 17.6. The van der Waals surface area contributed by atoms with Crippen LogP contribution in [0.3, 0.4) is 0 Å². The average Bonchev–Trinajstić information content (AvgIpc) is 2.84. The van der Waals surface area contributed by atoms with Crippen molar-refractivity contribution in [3.05, 3.63) is 29.3 Å². The first-order valence-corrected chi connectivity index (χ1v) is 15.5. The van der Waals surface area contributed by atoms with Gasteiger partial charge in [-0.25, -0.2) is 21.6 Å². The summed E-state index contributed by atoms with van der Waals surface area (Å²) in [5.74, 6) is -2.95. The SMILES string of the molecule is Cc1ccc(S(=O)(=O)N(CCN2CCCCC2)CCS(=O)(=O)N2CCNCC2)c(C)c1.O=C(O)C(F)(F)F. The van der Waals surface area contributed by atoms with Crippen LogP contribution >= 0.6 is 0 Å². The molecule has 1 aromatic rings. The summed E-state index contributed by atoms with van der Waals surface area (Å²) in [4.78, 5) is 11.4. The van der Waals surface area contributed by atoms with E-state index in [2.05, 4.69) is 10.2 Å². The number of hydrogen-bond donors (Lipinski definition) is 2. The lowest BCUT2D eigenvalue weighted by Crippen LogP contribution is -2.49. The Morgan fingerprint density at radius 2 is 1.58 bits per heavy atom. The molecule has 0 amide bonds. The van der Waals surface area contributed by atoms with Crippen LogP contribution in [0, 0.1) is 13.8 Å². The van der Waals surface area contributed by atoms with E-state index >= 15 is 0 Å². The van der Waals surface area contributed by atoms with Crippen LogP contribution in [0.4, 0.5) is 13.2 Å². The fourth-order valence-electron chi connectivity index (χ4n) is 4.28. The van der Waals surface area contributed by atoms with Gasteiger partial charge >= 0.3 is 12.1 Å². The highest BCUT2D eigenvalue weighted by atomic mass is 32.2. The zero-order chi connectivity index (χ0) is 28.6.